The Balaban J connectivity index is 1.46. The van der Waals surface area contributed by atoms with Crippen molar-refractivity contribution in [1.29, 1.82) is 0 Å². The number of likely N-dealkylation sites (tertiary alicyclic amines) is 1. The van der Waals surface area contributed by atoms with Gasteiger partial charge in [0.25, 0.3) is 5.56 Å². The Bertz CT molecular complexity index is 1170. The summed E-state index contributed by atoms with van der Waals surface area (Å²) in [6.07, 6.45) is 0.190. The molecule has 4 rings (SSSR count). The number of amides is 2. The Morgan fingerprint density at radius 2 is 1.90 bits per heavy atom. The average Bonchev–Trinajstić information content (AvgIpc) is 3.15. The molecule has 0 radical (unpaired) electrons. The molecule has 1 aromatic heterocycles. The zero-order valence-corrected chi connectivity index (χ0v) is 17.5. The van der Waals surface area contributed by atoms with E-state index in [0.717, 1.165) is 5.56 Å². The second-order valence-electron chi connectivity index (χ2n) is 7.84. The number of aromatic amines is 1. The van der Waals surface area contributed by atoms with Gasteiger partial charge in [0.05, 0.1) is 12.0 Å². The van der Waals surface area contributed by atoms with E-state index in [9.17, 15) is 14.4 Å². The van der Waals surface area contributed by atoms with Crippen LogP contribution in [-0.4, -0.2) is 33.2 Å². The zero-order chi connectivity index (χ0) is 22.0. The van der Waals surface area contributed by atoms with Crippen LogP contribution in [0.4, 0.5) is 5.69 Å². The number of hydrogen-bond donors (Lipinski definition) is 2. The van der Waals surface area contributed by atoms with E-state index in [-0.39, 0.29) is 29.8 Å². The summed E-state index contributed by atoms with van der Waals surface area (Å²) in [5, 5.41) is 2.91. The topological polar surface area (TPSA) is 95.2 Å². The molecule has 7 nitrogen and oxygen atoms in total. The summed E-state index contributed by atoms with van der Waals surface area (Å²) in [5.74, 6) is -0.190. The van der Waals surface area contributed by atoms with Gasteiger partial charge in [0, 0.05) is 36.0 Å². The van der Waals surface area contributed by atoms with Crippen LogP contribution in [0.5, 0.6) is 0 Å². The fraction of sp³-hybridized carbons (Fsp3) is 0.250. The predicted molar refractivity (Wildman–Crippen MR) is 118 cm³/mol. The number of rotatable bonds is 5. The average molecular weight is 416 g/mol. The predicted octanol–water partition coefficient (Wildman–Crippen LogP) is 3.29. The first-order valence-corrected chi connectivity index (χ1v) is 10.2. The molecule has 1 aliphatic heterocycles. The van der Waals surface area contributed by atoms with Crippen molar-refractivity contribution in [3.05, 3.63) is 82.3 Å². The Labute approximate surface area is 180 Å². The highest BCUT2D eigenvalue weighted by molar-refractivity contribution is 5.97. The smallest absolute Gasteiger partial charge is 0.251 e. The molecule has 1 fully saturated rings. The van der Waals surface area contributed by atoms with Gasteiger partial charge in [0.15, 0.2) is 0 Å². The van der Waals surface area contributed by atoms with E-state index in [1.807, 2.05) is 43.3 Å². The molecular formula is C24H24N4O3. The van der Waals surface area contributed by atoms with Crippen LogP contribution < -0.4 is 10.9 Å². The van der Waals surface area contributed by atoms with Gasteiger partial charge in [-0.3, -0.25) is 14.4 Å². The molecule has 0 bridgehead atoms. The molecule has 158 valence electrons. The summed E-state index contributed by atoms with van der Waals surface area (Å²) < 4.78 is 0. The van der Waals surface area contributed by atoms with Gasteiger partial charge in [-0.05, 0) is 31.5 Å². The van der Waals surface area contributed by atoms with Gasteiger partial charge in [0.1, 0.15) is 5.82 Å². The van der Waals surface area contributed by atoms with Crippen molar-refractivity contribution in [3.8, 4) is 11.4 Å². The van der Waals surface area contributed by atoms with Gasteiger partial charge < -0.3 is 15.2 Å². The fourth-order valence-corrected chi connectivity index (χ4v) is 3.90. The van der Waals surface area contributed by atoms with Crippen LogP contribution in [0.2, 0.25) is 0 Å². The van der Waals surface area contributed by atoms with E-state index in [1.54, 1.807) is 30.0 Å². The van der Waals surface area contributed by atoms with Crippen LogP contribution in [0.3, 0.4) is 0 Å². The van der Waals surface area contributed by atoms with Gasteiger partial charge in [-0.25, -0.2) is 4.98 Å². The van der Waals surface area contributed by atoms with Crippen LogP contribution in [-0.2, 0) is 9.59 Å². The first-order chi connectivity index (χ1) is 14.9. The minimum absolute atomic E-state index is 0.0215. The monoisotopic (exact) mass is 416 g/mol. The van der Waals surface area contributed by atoms with Crippen molar-refractivity contribution in [1.82, 2.24) is 14.9 Å². The number of H-pyrrole nitrogens is 1. The molecule has 2 heterocycles. The third-order valence-electron chi connectivity index (χ3n) is 5.55. The van der Waals surface area contributed by atoms with E-state index >= 15 is 0 Å². The number of hydrogen-bond acceptors (Lipinski definition) is 4. The number of carbonyl (C=O) groups is 2. The van der Waals surface area contributed by atoms with Crippen LogP contribution in [0.25, 0.3) is 11.4 Å². The van der Waals surface area contributed by atoms with Crippen molar-refractivity contribution in [2.75, 3.05) is 11.9 Å². The van der Waals surface area contributed by atoms with Crippen molar-refractivity contribution in [2.24, 2.45) is 5.92 Å². The minimum Gasteiger partial charge on any atom is -0.335 e. The molecular weight excluding hydrogens is 392 g/mol. The second kappa shape index (κ2) is 8.55. The molecule has 2 N–H and O–H groups in total. The molecule has 31 heavy (non-hydrogen) atoms. The third-order valence-corrected chi connectivity index (χ3v) is 5.55. The summed E-state index contributed by atoms with van der Waals surface area (Å²) >= 11 is 0. The number of nitrogens with zero attached hydrogens (tertiary/aromatic N) is 2. The molecule has 3 aromatic rings. The molecule has 1 aliphatic rings. The van der Waals surface area contributed by atoms with Crippen molar-refractivity contribution < 1.29 is 9.59 Å². The highest BCUT2D eigenvalue weighted by Gasteiger charge is 2.37. The molecule has 0 spiro atoms. The van der Waals surface area contributed by atoms with Gasteiger partial charge in [-0.1, -0.05) is 42.5 Å². The Morgan fingerprint density at radius 1 is 1.13 bits per heavy atom. The number of benzene rings is 2. The Hall–Kier alpha value is -3.74. The molecule has 2 atom stereocenters. The number of nitrogens with one attached hydrogen (secondary N) is 2. The molecule has 7 heteroatoms. The Kier molecular flexibility index (Phi) is 5.66. The maximum absolute atomic E-state index is 12.9. The normalized spacial score (nSPS) is 16.9. The lowest BCUT2D eigenvalue weighted by Crippen LogP contribution is -2.30. The highest BCUT2D eigenvalue weighted by atomic mass is 16.2. The maximum atomic E-state index is 12.9. The quantitative estimate of drug-likeness (QED) is 0.667. The highest BCUT2D eigenvalue weighted by Crippen LogP contribution is 2.29. The zero-order valence-electron chi connectivity index (χ0n) is 17.5. The lowest BCUT2D eigenvalue weighted by Gasteiger charge is -2.25. The molecule has 0 saturated carbocycles. The summed E-state index contributed by atoms with van der Waals surface area (Å²) in [6, 6.07) is 18.3. The summed E-state index contributed by atoms with van der Waals surface area (Å²) in [5.41, 5.74) is 2.72. The first-order valence-electron chi connectivity index (χ1n) is 10.2. The third kappa shape index (κ3) is 4.55. The van der Waals surface area contributed by atoms with E-state index in [2.05, 4.69) is 15.3 Å². The lowest BCUT2D eigenvalue weighted by molar-refractivity contribution is -0.129. The van der Waals surface area contributed by atoms with Gasteiger partial charge in [-0.15, -0.1) is 0 Å². The Morgan fingerprint density at radius 3 is 2.65 bits per heavy atom. The summed E-state index contributed by atoms with van der Waals surface area (Å²) in [6.45, 7) is 4.11. The number of aromatic nitrogens is 2. The lowest BCUT2D eigenvalue weighted by atomic mass is 10.1. The van der Waals surface area contributed by atoms with Crippen LogP contribution >= 0.6 is 0 Å². The fourth-order valence-electron chi connectivity index (χ4n) is 3.90. The molecule has 2 amide bonds. The molecule has 1 saturated heterocycles. The maximum Gasteiger partial charge on any atom is 0.251 e. The van der Waals surface area contributed by atoms with Crippen LogP contribution in [0, 0.1) is 12.8 Å². The number of anilines is 1. The van der Waals surface area contributed by atoms with Gasteiger partial charge in [-0.2, -0.15) is 0 Å². The molecule has 2 aromatic carbocycles. The van der Waals surface area contributed by atoms with Crippen LogP contribution in [0.15, 0.2) is 65.5 Å². The SMILES string of the molecule is Cc1cc(=O)[nH]c(-c2cccc(NC(=O)C3CC(=O)N(C(C)c4ccccc4)C3)c2)n1. The summed E-state index contributed by atoms with van der Waals surface area (Å²) in [7, 11) is 0. The number of carbonyl (C=O) groups excluding carboxylic acids is 2. The minimum atomic E-state index is -0.417. The number of aryl methyl sites for hydroxylation is 1. The van der Waals surface area contributed by atoms with E-state index in [4.69, 9.17) is 0 Å². The van der Waals surface area contributed by atoms with Crippen molar-refractivity contribution in [3.63, 3.8) is 0 Å². The molecule has 2 unspecified atom stereocenters. The largest absolute Gasteiger partial charge is 0.335 e. The molecule has 0 aliphatic carbocycles. The van der Waals surface area contributed by atoms with E-state index in [0.29, 0.717) is 29.3 Å². The van der Waals surface area contributed by atoms with Crippen molar-refractivity contribution in [2.45, 2.75) is 26.3 Å². The van der Waals surface area contributed by atoms with Crippen LogP contribution in [0.1, 0.15) is 30.6 Å². The first kappa shape index (κ1) is 20.5. The van der Waals surface area contributed by atoms with Gasteiger partial charge in [0.2, 0.25) is 11.8 Å². The van der Waals surface area contributed by atoms with Gasteiger partial charge >= 0.3 is 0 Å². The van der Waals surface area contributed by atoms with Crippen molar-refractivity contribution >= 4 is 17.5 Å². The standard InChI is InChI=1S/C24H24N4O3/c1-15-11-21(29)27-23(25-15)18-9-6-10-20(12-18)26-24(31)19-13-22(30)28(14-19)16(2)17-7-4-3-5-8-17/h3-12,16,19H,13-14H2,1-2H3,(H,26,31)(H,25,27,29). The summed E-state index contributed by atoms with van der Waals surface area (Å²) in [4.78, 5) is 46.0. The van der Waals surface area contributed by atoms with E-state index < -0.39 is 5.92 Å². The second-order valence-corrected chi connectivity index (χ2v) is 7.84. The van der Waals surface area contributed by atoms with E-state index in [1.165, 1.54) is 6.07 Å².